The molecular formula is C12H20F3N5. The van der Waals surface area contributed by atoms with Crippen LogP contribution in [-0.2, 0) is 5.41 Å². The summed E-state index contributed by atoms with van der Waals surface area (Å²) in [6, 6.07) is 1.56. The molecule has 0 amide bonds. The molecule has 1 aromatic rings. The van der Waals surface area contributed by atoms with E-state index in [-0.39, 0.29) is 18.4 Å². The van der Waals surface area contributed by atoms with Crippen molar-refractivity contribution in [3.63, 3.8) is 0 Å². The highest BCUT2D eigenvalue weighted by atomic mass is 19.4. The Kier molecular flexibility index (Phi) is 5.15. The summed E-state index contributed by atoms with van der Waals surface area (Å²) in [5.41, 5.74) is 2.14. The highest BCUT2D eigenvalue weighted by Crippen LogP contribution is 2.23. The third-order valence-electron chi connectivity index (χ3n) is 2.49. The first-order chi connectivity index (χ1) is 9.12. The molecule has 0 spiro atoms. The minimum atomic E-state index is -4.13. The maximum absolute atomic E-state index is 12.0. The van der Waals surface area contributed by atoms with Crippen LogP contribution in [0.1, 0.15) is 39.4 Å². The van der Waals surface area contributed by atoms with E-state index >= 15 is 0 Å². The second kappa shape index (κ2) is 6.25. The smallest absolute Gasteiger partial charge is 0.370 e. The van der Waals surface area contributed by atoms with Crippen molar-refractivity contribution >= 4 is 11.6 Å². The Hall–Kier alpha value is -1.57. The van der Waals surface area contributed by atoms with E-state index in [0.717, 1.165) is 0 Å². The number of hydrogen-bond acceptors (Lipinski definition) is 5. The molecular weight excluding hydrogens is 271 g/mol. The van der Waals surface area contributed by atoms with Gasteiger partial charge in [0, 0.05) is 24.4 Å². The van der Waals surface area contributed by atoms with Gasteiger partial charge in [-0.05, 0) is 6.42 Å². The van der Waals surface area contributed by atoms with Crippen molar-refractivity contribution in [2.75, 3.05) is 17.3 Å². The fourth-order valence-electron chi connectivity index (χ4n) is 1.45. The van der Waals surface area contributed by atoms with Gasteiger partial charge in [-0.15, -0.1) is 0 Å². The molecule has 0 unspecified atom stereocenters. The van der Waals surface area contributed by atoms with E-state index in [1.807, 2.05) is 20.8 Å². The van der Waals surface area contributed by atoms with Crippen LogP contribution < -0.4 is 16.6 Å². The molecule has 0 atom stereocenters. The van der Waals surface area contributed by atoms with Crippen molar-refractivity contribution in [2.45, 2.75) is 45.2 Å². The Morgan fingerprint density at radius 2 is 1.75 bits per heavy atom. The standard InChI is InChI=1S/C12H20F3N5/c1-11(2,3)10-18-8(7-9(19-10)20-16)17-6-4-5-12(13,14)15/h7H,4-6,16H2,1-3H3,(H2,17,18,19,20). The minimum absolute atomic E-state index is 0.0102. The highest BCUT2D eigenvalue weighted by molar-refractivity contribution is 5.47. The molecule has 20 heavy (non-hydrogen) atoms. The van der Waals surface area contributed by atoms with Gasteiger partial charge in [-0.2, -0.15) is 13.2 Å². The first-order valence-electron chi connectivity index (χ1n) is 6.28. The largest absolute Gasteiger partial charge is 0.389 e. The molecule has 0 saturated heterocycles. The van der Waals surface area contributed by atoms with Gasteiger partial charge in [-0.3, -0.25) is 0 Å². The lowest BCUT2D eigenvalue weighted by Gasteiger charge is -2.18. The zero-order valence-corrected chi connectivity index (χ0v) is 11.8. The number of nitrogens with two attached hydrogens (primary N) is 1. The number of nitrogens with one attached hydrogen (secondary N) is 2. The van der Waals surface area contributed by atoms with Gasteiger partial charge in [0.15, 0.2) is 0 Å². The summed E-state index contributed by atoms with van der Waals surface area (Å²) in [5, 5.41) is 2.86. The fourth-order valence-corrected chi connectivity index (χ4v) is 1.45. The third kappa shape index (κ3) is 5.60. The molecule has 0 bridgehead atoms. The van der Waals surface area contributed by atoms with Crippen LogP contribution in [-0.4, -0.2) is 22.7 Å². The van der Waals surface area contributed by atoms with Crippen LogP contribution in [0.4, 0.5) is 24.8 Å². The first kappa shape index (κ1) is 16.5. The number of nitrogen functional groups attached to an aromatic ring is 1. The molecule has 1 rings (SSSR count). The number of anilines is 2. The molecule has 0 fully saturated rings. The van der Waals surface area contributed by atoms with Crippen LogP contribution in [0.15, 0.2) is 6.07 Å². The van der Waals surface area contributed by atoms with Gasteiger partial charge >= 0.3 is 6.18 Å². The normalized spacial score (nSPS) is 12.3. The van der Waals surface area contributed by atoms with Crippen LogP contribution >= 0.6 is 0 Å². The van der Waals surface area contributed by atoms with E-state index in [4.69, 9.17) is 5.84 Å². The average Bonchev–Trinajstić information content (AvgIpc) is 2.32. The van der Waals surface area contributed by atoms with Crippen molar-refractivity contribution in [3.05, 3.63) is 11.9 Å². The van der Waals surface area contributed by atoms with Gasteiger partial charge in [0.05, 0.1) is 0 Å². The molecule has 0 aliphatic carbocycles. The van der Waals surface area contributed by atoms with Gasteiger partial charge in [-0.25, -0.2) is 15.8 Å². The summed E-state index contributed by atoms with van der Waals surface area (Å²) < 4.78 is 36.1. The van der Waals surface area contributed by atoms with Gasteiger partial charge in [-0.1, -0.05) is 20.8 Å². The van der Waals surface area contributed by atoms with Gasteiger partial charge in [0.2, 0.25) is 0 Å². The van der Waals surface area contributed by atoms with Crippen LogP contribution in [0.3, 0.4) is 0 Å². The summed E-state index contributed by atoms with van der Waals surface area (Å²) in [6.07, 6.45) is -4.96. The minimum Gasteiger partial charge on any atom is -0.370 e. The maximum atomic E-state index is 12.0. The highest BCUT2D eigenvalue weighted by Gasteiger charge is 2.26. The molecule has 0 radical (unpaired) electrons. The lowest BCUT2D eigenvalue weighted by molar-refractivity contribution is -0.134. The van der Waals surface area contributed by atoms with Crippen LogP contribution in [0.5, 0.6) is 0 Å². The van der Waals surface area contributed by atoms with Crippen molar-refractivity contribution in [3.8, 4) is 0 Å². The Morgan fingerprint density at radius 3 is 2.25 bits per heavy atom. The van der Waals surface area contributed by atoms with E-state index in [0.29, 0.717) is 17.5 Å². The molecule has 1 heterocycles. The second-order valence-electron chi connectivity index (χ2n) is 5.50. The molecule has 0 saturated carbocycles. The monoisotopic (exact) mass is 291 g/mol. The Bertz CT molecular complexity index is 440. The number of alkyl halides is 3. The summed E-state index contributed by atoms with van der Waals surface area (Å²) in [7, 11) is 0. The maximum Gasteiger partial charge on any atom is 0.389 e. The number of halogens is 3. The fraction of sp³-hybridized carbons (Fsp3) is 0.667. The number of hydrazine groups is 1. The number of hydrogen-bond donors (Lipinski definition) is 3. The van der Waals surface area contributed by atoms with Crippen LogP contribution in [0.25, 0.3) is 0 Å². The zero-order chi connectivity index (χ0) is 15.4. The summed E-state index contributed by atoms with van der Waals surface area (Å²) >= 11 is 0. The quantitative estimate of drug-likeness (QED) is 0.442. The first-order valence-corrected chi connectivity index (χ1v) is 6.28. The van der Waals surface area contributed by atoms with E-state index in [1.54, 1.807) is 6.07 Å². The van der Waals surface area contributed by atoms with Gasteiger partial charge in [0.1, 0.15) is 17.5 Å². The van der Waals surface area contributed by atoms with Crippen molar-refractivity contribution < 1.29 is 13.2 Å². The van der Waals surface area contributed by atoms with Crippen molar-refractivity contribution in [1.29, 1.82) is 0 Å². The molecule has 5 nitrogen and oxygen atoms in total. The lowest BCUT2D eigenvalue weighted by atomic mass is 9.96. The molecule has 1 aromatic heterocycles. The second-order valence-corrected chi connectivity index (χ2v) is 5.50. The third-order valence-corrected chi connectivity index (χ3v) is 2.49. The Labute approximate surface area is 116 Å². The molecule has 8 heteroatoms. The SMILES string of the molecule is CC(C)(C)c1nc(NN)cc(NCCCC(F)(F)F)n1. The Balaban J connectivity index is 2.70. The van der Waals surface area contributed by atoms with E-state index < -0.39 is 12.6 Å². The van der Waals surface area contributed by atoms with Crippen molar-refractivity contribution in [1.82, 2.24) is 9.97 Å². The molecule has 0 aliphatic rings. The lowest BCUT2D eigenvalue weighted by Crippen LogP contribution is -2.20. The van der Waals surface area contributed by atoms with E-state index in [9.17, 15) is 13.2 Å². The van der Waals surface area contributed by atoms with E-state index in [1.165, 1.54) is 0 Å². The topological polar surface area (TPSA) is 75.9 Å². The molecule has 0 aromatic carbocycles. The number of aromatic nitrogens is 2. The van der Waals surface area contributed by atoms with Crippen molar-refractivity contribution in [2.24, 2.45) is 5.84 Å². The van der Waals surface area contributed by atoms with Crippen LogP contribution in [0, 0.1) is 0 Å². The zero-order valence-electron chi connectivity index (χ0n) is 11.8. The number of nitrogens with zero attached hydrogens (tertiary/aromatic N) is 2. The molecule has 4 N–H and O–H groups in total. The average molecular weight is 291 g/mol. The summed E-state index contributed by atoms with van der Waals surface area (Å²) in [4.78, 5) is 8.51. The van der Waals surface area contributed by atoms with Crippen LogP contribution in [0.2, 0.25) is 0 Å². The molecule has 0 aliphatic heterocycles. The van der Waals surface area contributed by atoms with E-state index in [2.05, 4.69) is 20.7 Å². The molecule has 114 valence electrons. The summed E-state index contributed by atoms with van der Waals surface area (Å²) in [5.74, 6) is 6.77. The van der Waals surface area contributed by atoms with Gasteiger partial charge in [0.25, 0.3) is 0 Å². The predicted molar refractivity (Wildman–Crippen MR) is 72.3 cm³/mol. The number of rotatable bonds is 5. The summed E-state index contributed by atoms with van der Waals surface area (Å²) in [6.45, 7) is 6.01. The van der Waals surface area contributed by atoms with Gasteiger partial charge < -0.3 is 10.7 Å². The Morgan fingerprint density at radius 1 is 1.15 bits per heavy atom. The predicted octanol–water partition coefficient (Wildman–Crippen LogP) is 2.81.